The monoisotopic (exact) mass is 548 g/mol. The molecule has 2 N–H and O–H groups in total. The Bertz CT molecular complexity index is 676. The molecule has 0 aromatic heterocycles. The molecule has 1 amide bonds. The Morgan fingerprint density at radius 3 is 2.70 bits per heavy atom. The summed E-state index contributed by atoms with van der Waals surface area (Å²) in [5, 5.41) is 6.87. The van der Waals surface area contributed by atoms with Crippen LogP contribution in [-0.4, -0.2) is 42.9 Å². The molecule has 0 spiro atoms. The van der Waals surface area contributed by atoms with Gasteiger partial charge in [0.15, 0.2) is 5.96 Å². The van der Waals surface area contributed by atoms with Gasteiger partial charge in [-0.05, 0) is 49.4 Å². The summed E-state index contributed by atoms with van der Waals surface area (Å²) in [6.07, 6.45) is 5.54. The van der Waals surface area contributed by atoms with Crippen LogP contribution < -0.4 is 10.6 Å². The predicted molar refractivity (Wildman–Crippen MR) is 125 cm³/mol. The van der Waals surface area contributed by atoms with Crippen molar-refractivity contribution < 1.29 is 4.79 Å². The van der Waals surface area contributed by atoms with E-state index in [0.29, 0.717) is 5.91 Å². The minimum atomic E-state index is 0. The van der Waals surface area contributed by atoms with E-state index >= 15 is 0 Å². The van der Waals surface area contributed by atoms with Crippen molar-refractivity contribution in [1.82, 2.24) is 15.5 Å². The van der Waals surface area contributed by atoms with Gasteiger partial charge in [-0.25, -0.2) is 0 Å². The van der Waals surface area contributed by atoms with E-state index in [1.807, 2.05) is 4.90 Å². The molecule has 2 aliphatic rings. The molecule has 0 bridgehead atoms. The first kappa shape index (κ1) is 22.5. The molecule has 1 aromatic rings. The summed E-state index contributed by atoms with van der Waals surface area (Å²) in [5.74, 6) is 1.43. The number of hydrogen-bond acceptors (Lipinski definition) is 2. The molecule has 1 aromatic carbocycles. The Kier molecular flexibility index (Phi) is 8.85. The van der Waals surface area contributed by atoms with Gasteiger partial charge in [-0.2, -0.15) is 0 Å². The van der Waals surface area contributed by atoms with Crippen molar-refractivity contribution in [1.29, 1.82) is 0 Å². The zero-order valence-electron chi connectivity index (χ0n) is 16.1. The fourth-order valence-corrected chi connectivity index (χ4v) is 4.41. The van der Waals surface area contributed by atoms with Crippen LogP contribution in [0, 0.1) is 12.8 Å². The Morgan fingerprint density at radius 2 is 2.04 bits per heavy atom. The lowest BCUT2D eigenvalue weighted by molar-refractivity contribution is -0.134. The maximum atomic E-state index is 12.6. The van der Waals surface area contributed by atoms with Crippen molar-refractivity contribution in [3.8, 4) is 0 Å². The number of aryl methyl sites for hydroxylation is 1. The van der Waals surface area contributed by atoms with E-state index in [4.69, 9.17) is 0 Å². The van der Waals surface area contributed by atoms with Crippen LogP contribution in [-0.2, 0) is 11.3 Å². The van der Waals surface area contributed by atoms with Crippen molar-refractivity contribution in [2.24, 2.45) is 10.9 Å². The normalized spacial score (nSPS) is 20.5. The first-order chi connectivity index (χ1) is 12.6. The van der Waals surface area contributed by atoms with Crippen LogP contribution in [0.25, 0.3) is 0 Å². The molecule has 1 aliphatic heterocycles. The summed E-state index contributed by atoms with van der Waals surface area (Å²) in [4.78, 5) is 19.0. The molecule has 0 radical (unpaired) electrons. The number of carbonyl (C=O) groups is 1. The van der Waals surface area contributed by atoms with Crippen LogP contribution in [0.3, 0.4) is 0 Å². The van der Waals surface area contributed by atoms with Crippen molar-refractivity contribution in [3.05, 3.63) is 33.8 Å². The van der Waals surface area contributed by atoms with Gasteiger partial charge in [0.1, 0.15) is 0 Å². The highest BCUT2D eigenvalue weighted by Gasteiger charge is 2.32. The number of halogens is 2. The minimum Gasteiger partial charge on any atom is -0.352 e. The number of nitrogens with one attached hydrogen (secondary N) is 2. The van der Waals surface area contributed by atoms with Gasteiger partial charge < -0.3 is 15.5 Å². The summed E-state index contributed by atoms with van der Waals surface area (Å²) < 4.78 is 1.10. The molecule has 3 rings (SSSR count). The standard InChI is InChI=1S/C20H29BrN4O.HI/c1-14-11-17(21)8-7-16(14)12-23-20(22-2)24-18-9-10-25(13-18)19(26)15-5-3-4-6-15;/h7-8,11,15,18H,3-6,9-10,12-13H2,1-2H3,(H2,22,23,24);1H. The quantitative estimate of drug-likeness (QED) is 0.341. The van der Waals surface area contributed by atoms with Crippen molar-refractivity contribution in [3.63, 3.8) is 0 Å². The minimum absolute atomic E-state index is 0. The molecule has 5 nitrogen and oxygen atoms in total. The fraction of sp³-hybridized carbons (Fsp3) is 0.600. The maximum Gasteiger partial charge on any atom is 0.225 e. The van der Waals surface area contributed by atoms with Gasteiger partial charge in [0, 0.05) is 43.1 Å². The van der Waals surface area contributed by atoms with Crippen LogP contribution in [0.5, 0.6) is 0 Å². The van der Waals surface area contributed by atoms with E-state index in [-0.39, 0.29) is 35.9 Å². The Balaban J connectivity index is 0.00000261. The highest BCUT2D eigenvalue weighted by molar-refractivity contribution is 14.0. The lowest BCUT2D eigenvalue weighted by Crippen LogP contribution is -2.45. The zero-order valence-corrected chi connectivity index (χ0v) is 20.0. The van der Waals surface area contributed by atoms with Crippen LogP contribution in [0.1, 0.15) is 43.2 Å². The van der Waals surface area contributed by atoms with E-state index in [1.54, 1.807) is 7.05 Å². The average Bonchev–Trinajstić information content (AvgIpc) is 3.31. The highest BCUT2D eigenvalue weighted by Crippen LogP contribution is 2.27. The number of nitrogens with zero attached hydrogens (tertiary/aromatic N) is 2. The molecule has 150 valence electrons. The first-order valence-electron chi connectivity index (χ1n) is 9.58. The molecule has 1 saturated carbocycles. The molecule has 1 unspecified atom stereocenters. The van der Waals surface area contributed by atoms with E-state index < -0.39 is 0 Å². The van der Waals surface area contributed by atoms with E-state index in [1.165, 1.54) is 24.0 Å². The molecule has 1 aliphatic carbocycles. The third kappa shape index (κ3) is 6.07. The van der Waals surface area contributed by atoms with Crippen molar-refractivity contribution in [2.75, 3.05) is 20.1 Å². The average molecular weight is 549 g/mol. The first-order valence-corrected chi connectivity index (χ1v) is 10.4. The SMILES string of the molecule is CN=C(NCc1ccc(Br)cc1C)NC1CCN(C(=O)C2CCCC2)C1.I. The summed E-state index contributed by atoms with van der Waals surface area (Å²) in [5.41, 5.74) is 2.50. The molecular weight excluding hydrogens is 519 g/mol. The number of aliphatic imine (C=N–C) groups is 1. The van der Waals surface area contributed by atoms with Crippen LogP contribution in [0.2, 0.25) is 0 Å². The third-order valence-electron chi connectivity index (χ3n) is 5.52. The van der Waals surface area contributed by atoms with Crippen LogP contribution in [0.4, 0.5) is 0 Å². The number of benzene rings is 1. The summed E-state index contributed by atoms with van der Waals surface area (Å²) in [7, 11) is 1.79. The molecule has 7 heteroatoms. The van der Waals surface area contributed by atoms with Gasteiger partial charge in [-0.1, -0.05) is 34.8 Å². The molecular formula is C20H30BrIN4O. The number of guanidine groups is 1. The summed E-state index contributed by atoms with van der Waals surface area (Å²) >= 11 is 3.50. The van der Waals surface area contributed by atoms with Gasteiger partial charge in [0.2, 0.25) is 5.91 Å². The largest absolute Gasteiger partial charge is 0.352 e. The predicted octanol–water partition coefficient (Wildman–Crippen LogP) is 3.83. The van der Waals surface area contributed by atoms with Crippen LogP contribution >= 0.6 is 39.9 Å². The lowest BCUT2D eigenvalue weighted by Gasteiger charge is -2.21. The zero-order chi connectivity index (χ0) is 18.5. The number of hydrogen-bond donors (Lipinski definition) is 2. The molecule has 1 saturated heterocycles. The number of rotatable bonds is 4. The van der Waals surface area contributed by atoms with Crippen LogP contribution in [0.15, 0.2) is 27.7 Å². The van der Waals surface area contributed by atoms with E-state index in [2.05, 4.69) is 56.7 Å². The number of likely N-dealkylation sites (tertiary alicyclic amines) is 1. The second kappa shape index (κ2) is 10.6. The van der Waals surface area contributed by atoms with Gasteiger partial charge in [0.25, 0.3) is 0 Å². The number of amides is 1. The Labute approximate surface area is 187 Å². The van der Waals surface area contributed by atoms with E-state index in [0.717, 1.165) is 49.3 Å². The number of carbonyl (C=O) groups excluding carboxylic acids is 1. The Morgan fingerprint density at radius 1 is 1.30 bits per heavy atom. The smallest absolute Gasteiger partial charge is 0.225 e. The lowest BCUT2D eigenvalue weighted by atomic mass is 10.1. The van der Waals surface area contributed by atoms with E-state index in [9.17, 15) is 4.79 Å². The van der Waals surface area contributed by atoms with Crippen molar-refractivity contribution in [2.45, 2.75) is 51.6 Å². The topological polar surface area (TPSA) is 56.7 Å². The van der Waals surface area contributed by atoms with Crippen molar-refractivity contribution >= 4 is 51.8 Å². The molecule has 27 heavy (non-hydrogen) atoms. The van der Waals surface area contributed by atoms with Gasteiger partial charge in [-0.3, -0.25) is 9.79 Å². The summed E-state index contributed by atoms with van der Waals surface area (Å²) in [6, 6.07) is 6.58. The third-order valence-corrected chi connectivity index (χ3v) is 6.01. The van der Waals surface area contributed by atoms with Gasteiger partial charge in [-0.15, -0.1) is 24.0 Å². The second-order valence-corrected chi connectivity index (χ2v) is 8.31. The maximum absolute atomic E-state index is 12.6. The second-order valence-electron chi connectivity index (χ2n) is 7.39. The highest BCUT2D eigenvalue weighted by atomic mass is 127. The molecule has 1 atom stereocenters. The molecule has 1 heterocycles. The Hall–Kier alpha value is -0.830. The van der Waals surface area contributed by atoms with Gasteiger partial charge >= 0.3 is 0 Å². The summed E-state index contributed by atoms with van der Waals surface area (Å²) in [6.45, 7) is 4.49. The molecule has 2 fully saturated rings. The van der Waals surface area contributed by atoms with Gasteiger partial charge in [0.05, 0.1) is 0 Å². The fourth-order valence-electron chi connectivity index (χ4n) is 3.93.